The lowest BCUT2D eigenvalue weighted by Gasteiger charge is -2.09. The largest absolute Gasteiger partial charge is 0.351 e. The van der Waals surface area contributed by atoms with Crippen LogP contribution in [-0.2, 0) is 9.59 Å². The predicted octanol–water partition coefficient (Wildman–Crippen LogP) is -0.680. The number of amides is 2. The molecule has 6 heteroatoms. The molecule has 0 bridgehead atoms. The molecule has 0 spiro atoms. The number of nitrogens with zero attached hydrogens (tertiary/aromatic N) is 2. The van der Waals surface area contributed by atoms with Crippen molar-refractivity contribution in [2.45, 2.75) is 19.3 Å². The number of hydrogen-bond donors (Lipinski definition) is 2. The van der Waals surface area contributed by atoms with E-state index in [4.69, 9.17) is 0 Å². The van der Waals surface area contributed by atoms with E-state index in [1.54, 1.807) is 0 Å². The highest BCUT2D eigenvalue weighted by atomic mass is 16.2. The van der Waals surface area contributed by atoms with Crippen LogP contribution in [0.15, 0.2) is 5.10 Å². The van der Waals surface area contributed by atoms with E-state index >= 15 is 0 Å². The van der Waals surface area contributed by atoms with Crippen molar-refractivity contribution in [3.8, 4) is 0 Å². The summed E-state index contributed by atoms with van der Waals surface area (Å²) in [7, 11) is 4.03. The van der Waals surface area contributed by atoms with Crippen molar-refractivity contribution in [3.63, 3.8) is 0 Å². The Kier molecular flexibility index (Phi) is 4.91. The molecule has 0 aromatic carbocycles. The fourth-order valence-corrected chi connectivity index (χ4v) is 1.35. The number of carbonyl (C=O) groups excluding carboxylic acids is 2. The highest BCUT2D eigenvalue weighted by molar-refractivity contribution is 6.43. The van der Waals surface area contributed by atoms with E-state index in [0.717, 1.165) is 19.4 Å². The number of hydrogen-bond acceptors (Lipinski definition) is 4. The maximum absolute atomic E-state index is 11.4. The van der Waals surface area contributed by atoms with Crippen LogP contribution >= 0.6 is 0 Å². The van der Waals surface area contributed by atoms with Crippen LogP contribution < -0.4 is 10.7 Å². The molecule has 0 atom stereocenters. The monoisotopic (exact) mass is 226 g/mol. The molecule has 2 amide bonds. The first-order valence-electron chi connectivity index (χ1n) is 5.38. The van der Waals surface area contributed by atoms with Crippen LogP contribution in [0.4, 0.5) is 0 Å². The number of rotatable bonds is 6. The predicted molar refractivity (Wildman–Crippen MR) is 61.0 cm³/mol. The molecular formula is C10H18N4O2. The van der Waals surface area contributed by atoms with Gasteiger partial charge < -0.3 is 10.2 Å². The number of unbranched alkanes of at least 4 members (excludes halogenated alkanes) is 1. The third-order valence-electron chi connectivity index (χ3n) is 2.22. The molecule has 0 fully saturated rings. The van der Waals surface area contributed by atoms with E-state index in [1.165, 1.54) is 0 Å². The van der Waals surface area contributed by atoms with Crippen molar-refractivity contribution in [2.75, 3.05) is 27.2 Å². The van der Waals surface area contributed by atoms with Crippen LogP contribution in [0.3, 0.4) is 0 Å². The second-order valence-corrected chi connectivity index (χ2v) is 4.04. The van der Waals surface area contributed by atoms with Gasteiger partial charge in [0.1, 0.15) is 5.71 Å². The van der Waals surface area contributed by atoms with E-state index in [1.807, 2.05) is 14.1 Å². The number of nitrogens with one attached hydrogen (secondary N) is 2. The first-order chi connectivity index (χ1) is 7.59. The van der Waals surface area contributed by atoms with Crippen molar-refractivity contribution >= 4 is 17.5 Å². The van der Waals surface area contributed by atoms with Gasteiger partial charge in [-0.15, -0.1) is 0 Å². The van der Waals surface area contributed by atoms with Crippen LogP contribution in [0.2, 0.25) is 0 Å². The zero-order valence-electron chi connectivity index (χ0n) is 9.75. The first kappa shape index (κ1) is 12.6. The van der Waals surface area contributed by atoms with Crippen molar-refractivity contribution in [1.82, 2.24) is 15.6 Å². The van der Waals surface area contributed by atoms with E-state index in [-0.39, 0.29) is 23.9 Å². The highest BCUT2D eigenvalue weighted by Crippen LogP contribution is 1.95. The van der Waals surface area contributed by atoms with E-state index in [2.05, 4.69) is 20.7 Å². The molecule has 0 unspecified atom stereocenters. The van der Waals surface area contributed by atoms with Gasteiger partial charge in [-0.3, -0.25) is 9.59 Å². The molecule has 6 nitrogen and oxygen atoms in total. The molecule has 0 saturated carbocycles. The molecule has 16 heavy (non-hydrogen) atoms. The molecule has 1 rings (SSSR count). The summed E-state index contributed by atoms with van der Waals surface area (Å²) < 4.78 is 0. The topological polar surface area (TPSA) is 73.8 Å². The number of carbonyl (C=O) groups is 2. The van der Waals surface area contributed by atoms with E-state index < -0.39 is 0 Å². The van der Waals surface area contributed by atoms with Gasteiger partial charge in [0.25, 0.3) is 5.91 Å². The maximum atomic E-state index is 11.4. The van der Waals surface area contributed by atoms with Gasteiger partial charge in [-0.25, -0.2) is 5.43 Å². The molecule has 0 aliphatic carbocycles. The van der Waals surface area contributed by atoms with Gasteiger partial charge in [0.2, 0.25) is 5.91 Å². The van der Waals surface area contributed by atoms with Gasteiger partial charge in [0.15, 0.2) is 0 Å². The van der Waals surface area contributed by atoms with Crippen molar-refractivity contribution in [2.24, 2.45) is 5.10 Å². The third kappa shape index (κ3) is 4.39. The number of hydrazone groups is 1. The van der Waals surface area contributed by atoms with E-state index in [9.17, 15) is 9.59 Å². The fraction of sp³-hybridized carbons (Fsp3) is 0.700. The molecule has 1 aliphatic heterocycles. The Hall–Kier alpha value is -1.43. The van der Waals surface area contributed by atoms with Gasteiger partial charge in [-0.05, 0) is 33.5 Å². The van der Waals surface area contributed by atoms with Gasteiger partial charge in [0.05, 0.1) is 6.42 Å². The molecular weight excluding hydrogens is 208 g/mol. The quantitative estimate of drug-likeness (QED) is 0.589. The average molecular weight is 226 g/mol. The minimum atomic E-state index is -0.247. The van der Waals surface area contributed by atoms with Gasteiger partial charge >= 0.3 is 0 Å². The smallest absolute Gasteiger partial charge is 0.268 e. The lowest BCUT2D eigenvalue weighted by molar-refractivity contribution is -0.120. The Bertz CT molecular complexity index is 299. The Balaban J connectivity index is 2.09. The fourth-order valence-electron chi connectivity index (χ4n) is 1.35. The molecule has 0 aromatic rings. The van der Waals surface area contributed by atoms with E-state index in [0.29, 0.717) is 6.54 Å². The standard InChI is InChI=1S/C10H18N4O2/c1-14(2)6-4-3-5-11-10(16)8-7-9(15)13-12-8/h3-7H2,1-2H3,(H,11,16)(H,13,15). The van der Waals surface area contributed by atoms with Crippen LogP contribution in [0.1, 0.15) is 19.3 Å². The zero-order chi connectivity index (χ0) is 12.0. The molecule has 90 valence electrons. The van der Waals surface area contributed by atoms with Crippen molar-refractivity contribution in [1.29, 1.82) is 0 Å². The summed E-state index contributed by atoms with van der Waals surface area (Å²) in [6.07, 6.45) is 2.05. The van der Waals surface area contributed by atoms with Crippen LogP contribution in [0.25, 0.3) is 0 Å². The summed E-state index contributed by atoms with van der Waals surface area (Å²) in [6.45, 7) is 1.64. The van der Waals surface area contributed by atoms with Gasteiger partial charge in [-0.1, -0.05) is 0 Å². The van der Waals surface area contributed by atoms with Crippen LogP contribution in [0, 0.1) is 0 Å². The molecule has 1 aliphatic rings. The highest BCUT2D eigenvalue weighted by Gasteiger charge is 2.20. The molecule has 0 saturated heterocycles. The van der Waals surface area contributed by atoms with Crippen molar-refractivity contribution < 1.29 is 9.59 Å². The normalized spacial score (nSPS) is 14.9. The van der Waals surface area contributed by atoms with Crippen LogP contribution in [0.5, 0.6) is 0 Å². The minimum Gasteiger partial charge on any atom is -0.351 e. The maximum Gasteiger partial charge on any atom is 0.268 e. The summed E-state index contributed by atoms with van der Waals surface area (Å²) in [6, 6.07) is 0. The lowest BCUT2D eigenvalue weighted by atomic mass is 10.2. The average Bonchev–Trinajstić information content (AvgIpc) is 2.63. The third-order valence-corrected chi connectivity index (χ3v) is 2.22. The second-order valence-electron chi connectivity index (χ2n) is 4.04. The SMILES string of the molecule is CN(C)CCCCNC(=O)C1=NNC(=O)C1. The van der Waals surface area contributed by atoms with Crippen LogP contribution in [-0.4, -0.2) is 49.6 Å². The summed E-state index contributed by atoms with van der Waals surface area (Å²) >= 11 is 0. The Morgan fingerprint density at radius 3 is 2.81 bits per heavy atom. The first-order valence-corrected chi connectivity index (χ1v) is 5.38. The van der Waals surface area contributed by atoms with Gasteiger partial charge in [-0.2, -0.15) is 5.10 Å². The summed E-state index contributed by atoms with van der Waals surface area (Å²) in [4.78, 5) is 24.3. The summed E-state index contributed by atoms with van der Waals surface area (Å²) in [5.41, 5.74) is 2.52. The van der Waals surface area contributed by atoms with Crippen molar-refractivity contribution in [3.05, 3.63) is 0 Å². The molecule has 0 radical (unpaired) electrons. The van der Waals surface area contributed by atoms with Gasteiger partial charge in [0, 0.05) is 6.54 Å². The zero-order valence-corrected chi connectivity index (χ0v) is 9.75. The Labute approximate surface area is 95.1 Å². The second kappa shape index (κ2) is 6.22. The molecule has 0 aromatic heterocycles. The molecule has 2 N–H and O–H groups in total. The minimum absolute atomic E-state index is 0.0868. The Morgan fingerprint density at radius 1 is 1.50 bits per heavy atom. The summed E-state index contributed by atoms with van der Waals surface area (Å²) in [5, 5.41) is 6.38. The lowest BCUT2D eigenvalue weighted by Crippen LogP contribution is -2.31. The summed E-state index contributed by atoms with van der Waals surface area (Å²) in [5.74, 6) is -0.471. The molecule has 1 heterocycles. The Morgan fingerprint density at radius 2 is 2.25 bits per heavy atom.